The van der Waals surface area contributed by atoms with Crippen molar-refractivity contribution in [3.63, 3.8) is 0 Å². The molecule has 1 fully saturated rings. The van der Waals surface area contributed by atoms with Gasteiger partial charge in [0, 0.05) is 39.2 Å². The average molecular weight is 292 g/mol. The van der Waals surface area contributed by atoms with Crippen LogP contribution >= 0.6 is 0 Å². The molecule has 0 radical (unpaired) electrons. The van der Waals surface area contributed by atoms with Gasteiger partial charge in [0.2, 0.25) is 5.91 Å². The fraction of sp³-hybridized carbons (Fsp3) is 0.385. The van der Waals surface area contributed by atoms with E-state index in [0.717, 1.165) is 0 Å². The van der Waals surface area contributed by atoms with Gasteiger partial charge in [-0.2, -0.15) is 0 Å². The molecule has 0 saturated carbocycles. The van der Waals surface area contributed by atoms with Gasteiger partial charge in [0.05, 0.1) is 10.5 Å². The highest BCUT2D eigenvalue weighted by Crippen LogP contribution is 2.28. The van der Waals surface area contributed by atoms with E-state index in [2.05, 4.69) is 10.6 Å². The van der Waals surface area contributed by atoms with Crippen LogP contribution in [-0.2, 0) is 4.79 Å². The SMILES string of the molecule is CNc1c(C(=O)N2CCNC(=O)CC2)cccc1[N+](=O)[O-]. The second-order valence-corrected chi connectivity index (χ2v) is 4.60. The number of hydrogen-bond acceptors (Lipinski definition) is 5. The summed E-state index contributed by atoms with van der Waals surface area (Å²) in [6.45, 7) is 1.07. The second-order valence-electron chi connectivity index (χ2n) is 4.60. The average Bonchev–Trinajstić information content (AvgIpc) is 2.70. The number of benzene rings is 1. The Morgan fingerprint density at radius 1 is 1.43 bits per heavy atom. The van der Waals surface area contributed by atoms with E-state index in [1.54, 1.807) is 6.07 Å². The molecule has 2 N–H and O–H groups in total. The molecule has 2 rings (SSSR count). The molecule has 2 amide bonds. The van der Waals surface area contributed by atoms with Crippen molar-refractivity contribution < 1.29 is 14.5 Å². The molecule has 21 heavy (non-hydrogen) atoms. The van der Waals surface area contributed by atoms with Crippen molar-refractivity contribution >= 4 is 23.2 Å². The molecule has 0 bridgehead atoms. The van der Waals surface area contributed by atoms with Crippen molar-refractivity contribution in [2.75, 3.05) is 32.0 Å². The molecule has 1 aliphatic rings. The van der Waals surface area contributed by atoms with Crippen LogP contribution in [0.3, 0.4) is 0 Å². The lowest BCUT2D eigenvalue weighted by Gasteiger charge is -2.20. The van der Waals surface area contributed by atoms with Gasteiger partial charge in [0.1, 0.15) is 5.69 Å². The third-order valence-corrected chi connectivity index (χ3v) is 3.32. The van der Waals surface area contributed by atoms with Gasteiger partial charge in [-0.15, -0.1) is 0 Å². The predicted octanol–water partition coefficient (Wildman–Crippen LogP) is 0.599. The molecule has 0 unspecified atom stereocenters. The Morgan fingerprint density at radius 3 is 2.86 bits per heavy atom. The molecular formula is C13H16N4O4. The van der Waals surface area contributed by atoms with Crippen molar-refractivity contribution in [1.29, 1.82) is 0 Å². The van der Waals surface area contributed by atoms with E-state index >= 15 is 0 Å². The number of hydrogen-bond donors (Lipinski definition) is 2. The summed E-state index contributed by atoms with van der Waals surface area (Å²) in [5, 5.41) is 16.4. The Morgan fingerprint density at radius 2 is 2.19 bits per heavy atom. The Bertz CT molecular complexity index is 588. The molecule has 0 spiro atoms. The van der Waals surface area contributed by atoms with Crippen LogP contribution in [-0.4, -0.2) is 48.3 Å². The highest BCUT2D eigenvalue weighted by molar-refractivity contribution is 6.01. The Kier molecular flexibility index (Phi) is 4.36. The Hall–Kier alpha value is -2.64. The lowest BCUT2D eigenvalue weighted by atomic mass is 10.1. The number of nitrogens with one attached hydrogen (secondary N) is 2. The summed E-state index contributed by atoms with van der Waals surface area (Å²) in [7, 11) is 1.53. The number of carbonyl (C=O) groups is 2. The zero-order valence-corrected chi connectivity index (χ0v) is 11.6. The maximum Gasteiger partial charge on any atom is 0.293 e. The summed E-state index contributed by atoms with van der Waals surface area (Å²) >= 11 is 0. The molecule has 1 heterocycles. The van der Waals surface area contributed by atoms with E-state index in [1.165, 1.54) is 24.1 Å². The zero-order chi connectivity index (χ0) is 15.4. The van der Waals surface area contributed by atoms with Gasteiger partial charge >= 0.3 is 0 Å². The third kappa shape index (κ3) is 3.10. The number of anilines is 1. The van der Waals surface area contributed by atoms with E-state index in [-0.39, 0.29) is 35.2 Å². The minimum Gasteiger partial charge on any atom is -0.382 e. The number of amides is 2. The van der Waals surface area contributed by atoms with Gasteiger partial charge in [0.15, 0.2) is 0 Å². The van der Waals surface area contributed by atoms with E-state index in [4.69, 9.17) is 0 Å². The molecule has 1 aliphatic heterocycles. The van der Waals surface area contributed by atoms with E-state index in [1.807, 2.05) is 0 Å². The van der Waals surface area contributed by atoms with Gasteiger partial charge in [0.25, 0.3) is 11.6 Å². The first-order valence-corrected chi connectivity index (χ1v) is 6.55. The van der Waals surface area contributed by atoms with Crippen LogP contribution in [0.5, 0.6) is 0 Å². The molecule has 0 aliphatic carbocycles. The summed E-state index contributed by atoms with van der Waals surface area (Å²) in [4.78, 5) is 35.9. The molecule has 1 aromatic carbocycles. The molecule has 0 atom stereocenters. The number of para-hydroxylation sites is 1. The van der Waals surface area contributed by atoms with Crippen LogP contribution in [0.1, 0.15) is 16.8 Å². The van der Waals surface area contributed by atoms with E-state index in [9.17, 15) is 19.7 Å². The molecule has 0 aromatic heterocycles. The number of nitro groups is 1. The first-order chi connectivity index (χ1) is 10.0. The molecule has 1 saturated heterocycles. The molecule has 8 heteroatoms. The summed E-state index contributed by atoms with van der Waals surface area (Å²) in [6, 6.07) is 4.37. The van der Waals surface area contributed by atoms with Crippen molar-refractivity contribution in [3.8, 4) is 0 Å². The Balaban J connectivity index is 2.32. The number of nitrogens with zero attached hydrogens (tertiary/aromatic N) is 2. The van der Waals surface area contributed by atoms with Crippen LogP contribution in [0.4, 0.5) is 11.4 Å². The largest absolute Gasteiger partial charge is 0.382 e. The summed E-state index contributed by atoms with van der Waals surface area (Å²) in [5.74, 6) is -0.419. The minimum atomic E-state index is -0.532. The fourth-order valence-electron chi connectivity index (χ4n) is 2.27. The number of carbonyl (C=O) groups excluding carboxylic acids is 2. The minimum absolute atomic E-state index is 0.0989. The fourth-order valence-corrected chi connectivity index (χ4v) is 2.27. The summed E-state index contributed by atoms with van der Waals surface area (Å²) in [6.07, 6.45) is 0.232. The first-order valence-electron chi connectivity index (χ1n) is 6.55. The van der Waals surface area contributed by atoms with Gasteiger partial charge in [-0.05, 0) is 6.07 Å². The lowest BCUT2D eigenvalue weighted by molar-refractivity contribution is -0.384. The lowest BCUT2D eigenvalue weighted by Crippen LogP contribution is -2.34. The van der Waals surface area contributed by atoms with Gasteiger partial charge in [-0.25, -0.2) is 0 Å². The molecule has 1 aromatic rings. The quantitative estimate of drug-likeness (QED) is 0.627. The van der Waals surface area contributed by atoms with Crippen molar-refractivity contribution in [2.24, 2.45) is 0 Å². The van der Waals surface area contributed by atoms with Gasteiger partial charge in [-0.3, -0.25) is 19.7 Å². The van der Waals surface area contributed by atoms with Gasteiger partial charge in [-0.1, -0.05) is 6.07 Å². The van der Waals surface area contributed by atoms with Gasteiger partial charge < -0.3 is 15.5 Å². The van der Waals surface area contributed by atoms with Crippen LogP contribution < -0.4 is 10.6 Å². The molecule has 8 nitrogen and oxygen atoms in total. The maximum absolute atomic E-state index is 12.5. The van der Waals surface area contributed by atoms with Crippen molar-refractivity contribution in [1.82, 2.24) is 10.2 Å². The first kappa shape index (κ1) is 14.8. The predicted molar refractivity (Wildman–Crippen MR) is 76.2 cm³/mol. The van der Waals surface area contributed by atoms with Crippen molar-refractivity contribution in [3.05, 3.63) is 33.9 Å². The smallest absolute Gasteiger partial charge is 0.293 e. The highest BCUT2D eigenvalue weighted by Gasteiger charge is 2.25. The van der Waals surface area contributed by atoms with Crippen LogP contribution in [0, 0.1) is 10.1 Å². The third-order valence-electron chi connectivity index (χ3n) is 3.32. The van der Waals surface area contributed by atoms with Crippen LogP contribution in [0.15, 0.2) is 18.2 Å². The number of nitro benzene ring substituents is 1. The van der Waals surface area contributed by atoms with E-state index < -0.39 is 4.92 Å². The Labute approximate surface area is 121 Å². The molecular weight excluding hydrogens is 276 g/mol. The standard InChI is InChI=1S/C13H16N4O4/c1-14-12-9(3-2-4-10(12)17(20)21)13(19)16-7-5-11(18)15-6-8-16/h2-4,14H,5-8H2,1H3,(H,15,18). The normalized spacial score (nSPS) is 15.1. The second kappa shape index (κ2) is 6.21. The monoisotopic (exact) mass is 292 g/mol. The highest BCUT2D eigenvalue weighted by atomic mass is 16.6. The van der Waals surface area contributed by atoms with Crippen LogP contribution in [0.25, 0.3) is 0 Å². The number of rotatable bonds is 3. The van der Waals surface area contributed by atoms with Crippen molar-refractivity contribution in [2.45, 2.75) is 6.42 Å². The molecule has 112 valence electrons. The topological polar surface area (TPSA) is 105 Å². The zero-order valence-electron chi connectivity index (χ0n) is 11.6. The summed E-state index contributed by atoms with van der Waals surface area (Å²) in [5.41, 5.74) is 0.282. The van der Waals surface area contributed by atoms with E-state index in [0.29, 0.717) is 19.6 Å². The van der Waals surface area contributed by atoms with Crippen LogP contribution in [0.2, 0.25) is 0 Å². The summed E-state index contributed by atoms with van der Waals surface area (Å²) < 4.78 is 0. The maximum atomic E-state index is 12.5.